The van der Waals surface area contributed by atoms with Crippen molar-refractivity contribution in [3.05, 3.63) is 65.9 Å². The van der Waals surface area contributed by atoms with Gasteiger partial charge in [0, 0.05) is 22.3 Å². The molecule has 146 valence electrons. The van der Waals surface area contributed by atoms with E-state index in [4.69, 9.17) is 0 Å². The highest BCUT2D eigenvalue weighted by Crippen LogP contribution is 2.32. The van der Waals surface area contributed by atoms with Crippen LogP contribution in [0, 0.1) is 6.92 Å². The molecule has 0 amide bonds. The summed E-state index contributed by atoms with van der Waals surface area (Å²) in [5.74, 6) is -1.05. The minimum atomic E-state index is -4.72. The fourth-order valence-corrected chi connectivity index (χ4v) is 2.83. The lowest BCUT2D eigenvalue weighted by Crippen LogP contribution is -2.21. The van der Waals surface area contributed by atoms with Crippen LogP contribution in [0.4, 0.5) is 18.9 Å². The van der Waals surface area contributed by atoms with E-state index in [2.05, 4.69) is 15.0 Å². The largest absolute Gasteiger partial charge is 0.463 e. The van der Waals surface area contributed by atoms with E-state index in [0.29, 0.717) is 11.6 Å². The normalized spacial score (nSPS) is 12.2. The summed E-state index contributed by atoms with van der Waals surface area (Å²) in [5.41, 5.74) is 2.35. The van der Waals surface area contributed by atoms with Crippen LogP contribution >= 0.6 is 0 Å². The molecule has 2 N–H and O–H groups in total. The maximum atomic E-state index is 13.3. The van der Waals surface area contributed by atoms with Gasteiger partial charge in [-0.1, -0.05) is 30.3 Å². The van der Waals surface area contributed by atoms with E-state index >= 15 is 0 Å². The highest BCUT2D eigenvalue weighted by molar-refractivity contribution is 5.90. The van der Waals surface area contributed by atoms with E-state index in [1.165, 1.54) is 6.92 Å². The Kier molecular flexibility index (Phi) is 5.44. The second-order valence-corrected chi connectivity index (χ2v) is 6.24. The molecule has 0 aliphatic rings. The molecule has 0 bridgehead atoms. The number of fused-ring (bicyclic) bond motifs is 1. The van der Waals surface area contributed by atoms with E-state index in [0.717, 1.165) is 22.2 Å². The number of hydrogen-bond donors (Lipinski definition) is 2. The molecule has 0 fully saturated rings. The van der Waals surface area contributed by atoms with E-state index in [1.54, 1.807) is 19.1 Å². The van der Waals surface area contributed by atoms with Gasteiger partial charge < -0.3 is 15.0 Å². The fraction of sp³-hybridized carbons (Fsp3) is 0.190. The minimum Gasteiger partial charge on any atom is -0.463 e. The number of ether oxygens (including phenoxy) is 1. The molecule has 0 atom stereocenters. The van der Waals surface area contributed by atoms with Gasteiger partial charge in [-0.15, -0.1) is 0 Å². The number of aromatic nitrogens is 1. The van der Waals surface area contributed by atoms with Gasteiger partial charge in [-0.05, 0) is 43.2 Å². The summed E-state index contributed by atoms with van der Waals surface area (Å²) >= 11 is 0. The Morgan fingerprint density at radius 1 is 1.18 bits per heavy atom. The molecule has 0 radical (unpaired) electrons. The summed E-state index contributed by atoms with van der Waals surface area (Å²) in [7, 11) is 0. The number of alkyl halides is 3. The van der Waals surface area contributed by atoms with E-state index in [1.807, 2.05) is 36.4 Å². The van der Waals surface area contributed by atoms with Crippen LogP contribution in [-0.4, -0.2) is 23.7 Å². The fourth-order valence-electron chi connectivity index (χ4n) is 2.83. The average Bonchev–Trinajstić information content (AvgIpc) is 3.04. The van der Waals surface area contributed by atoms with Gasteiger partial charge in [0.25, 0.3) is 0 Å². The number of halogens is 3. The maximum Gasteiger partial charge on any atom is 0.431 e. The molecule has 3 aromatic rings. The number of carbonyl (C=O) groups is 1. The Labute approximate surface area is 160 Å². The van der Waals surface area contributed by atoms with Crippen LogP contribution in [0.25, 0.3) is 22.2 Å². The molecular formula is C21H19F3N2O2. The Balaban J connectivity index is 1.98. The molecule has 1 heterocycles. The molecule has 0 aliphatic carbocycles. The van der Waals surface area contributed by atoms with Gasteiger partial charge in [0.05, 0.1) is 12.7 Å². The molecular weight excluding hydrogens is 369 g/mol. The molecule has 28 heavy (non-hydrogen) atoms. The van der Waals surface area contributed by atoms with Crippen molar-refractivity contribution in [3.63, 3.8) is 0 Å². The van der Waals surface area contributed by atoms with Gasteiger partial charge in [0.1, 0.15) is 5.70 Å². The van der Waals surface area contributed by atoms with Gasteiger partial charge in [-0.25, -0.2) is 4.79 Å². The smallest absolute Gasteiger partial charge is 0.431 e. The number of H-pyrrole nitrogens is 1. The first-order valence-corrected chi connectivity index (χ1v) is 8.69. The first-order chi connectivity index (χ1) is 13.3. The molecule has 0 unspecified atom stereocenters. The third-order valence-corrected chi connectivity index (χ3v) is 4.17. The van der Waals surface area contributed by atoms with Crippen molar-refractivity contribution < 1.29 is 22.7 Å². The lowest BCUT2D eigenvalue weighted by molar-refractivity contribution is -0.138. The number of nitrogens with one attached hydrogen (secondary N) is 2. The lowest BCUT2D eigenvalue weighted by Gasteiger charge is -2.16. The molecule has 1 aromatic heterocycles. The highest BCUT2D eigenvalue weighted by Gasteiger charge is 2.35. The van der Waals surface area contributed by atoms with Crippen molar-refractivity contribution in [2.75, 3.05) is 11.9 Å². The van der Waals surface area contributed by atoms with Crippen LogP contribution in [0.3, 0.4) is 0 Å². The first kappa shape index (κ1) is 19.5. The summed E-state index contributed by atoms with van der Waals surface area (Å²) in [6.45, 7) is 3.22. The number of aromatic amines is 1. The van der Waals surface area contributed by atoms with Crippen molar-refractivity contribution >= 4 is 22.6 Å². The van der Waals surface area contributed by atoms with E-state index < -0.39 is 17.8 Å². The number of hydrogen-bond acceptors (Lipinski definition) is 3. The van der Waals surface area contributed by atoms with Crippen molar-refractivity contribution in [2.24, 2.45) is 0 Å². The van der Waals surface area contributed by atoms with Crippen LogP contribution in [0.2, 0.25) is 0 Å². The zero-order valence-corrected chi connectivity index (χ0v) is 15.4. The van der Waals surface area contributed by atoms with E-state index in [9.17, 15) is 18.0 Å². The molecule has 0 spiro atoms. The number of allylic oxidation sites excluding steroid dienone is 1. The first-order valence-electron chi connectivity index (χ1n) is 8.69. The van der Waals surface area contributed by atoms with Crippen LogP contribution in [0.5, 0.6) is 0 Å². The number of benzene rings is 2. The van der Waals surface area contributed by atoms with Crippen molar-refractivity contribution in [3.8, 4) is 11.3 Å². The third kappa shape index (κ3) is 4.36. The summed E-state index contributed by atoms with van der Waals surface area (Å²) in [4.78, 5) is 14.8. The summed E-state index contributed by atoms with van der Waals surface area (Å²) < 4.78 is 44.6. The van der Waals surface area contributed by atoms with Crippen LogP contribution < -0.4 is 5.32 Å². The Morgan fingerprint density at radius 3 is 2.54 bits per heavy atom. The number of rotatable bonds is 5. The quantitative estimate of drug-likeness (QED) is 0.444. The van der Waals surface area contributed by atoms with Crippen molar-refractivity contribution in [1.29, 1.82) is 0 Å². The molecule has 0 saturated heterocycles. The standard InChI is InChI=1S/C21H19F3N2O2/c1-3-28-20(27)12-19(21(22,23)24)26-16-10-15-11-18(14-7-5-4-6-8-14)25-17(15)9-13(16)2/h4-12,25-26H,3H2,1-2H3. The highest BCUT2D eigenvalue weighted by atomic mass is 19.4. The molecule has 7 heteroatoms. The lowest BCUT2D eigenvalue weighted by atomic mass is 10.1. The predicted octanol–water partition coefficient (Wildman–Crippen LogP) is 5.56. The summed E-state index contributed by atoms with van der Waals surface area (Å²) in [5, 5.41) is 3.09. The van der Waals surface area contributed by atoms with Gasteiger partial charge in [0.2, 0.25) is 0 Å². The van der Waals surface area contributed by atoms with Crippen LogP contribution in [0.1, 0.15) is 12.5 Å². The molecule has 3 rings (SSSR count). The molecule has 0 saturated carbocycles. The molecule has 4 nitrogen and oxygen atoms in total. The Hall–Kier alpha value is -3.22. The van der Waals surface area contributed by atoms with Crippen LogP contribution in [-0.2, 0) is 9.53 Å². The minimum absolute atomic E-state index is 0.00291. The number of anilines is 1. The molecule has 2 aromatic carbocycles. The SMILES string of the molecule is CCOC(=O)C=C(Nc1cc2cc(-c3ccccc3)[nH]c2cc1C)C(F)(F)F. The zero-order valence-electron chi connectivity index (χ0n) is 15.4. The second kappa shape index (κ2) is 7.80. The van der Waals surface area contributed by atoms with Gasteiger partial charge in [-0.3, -0.25) is 0 Å². The number of esters is 1. The number of carbonyl (C=O) groups excluding carboxylic acids is 1. The molecule has 0 aliphatic heterocycles. The predicted molar refractivity (Wildman–Crippen MR) is 103 cm³/mol. The zero-order chi connectivity index (χ0) is 20.3. The van der Waals surface area contributed by atoms with Crippen LogP contribution in [0.15, 0.2) is 60.3 Å². The van der Waals surface area contributed by atoms with Gasteiger partial charge >= 0.3 is 12.1 Å². The van der Waals surface area contributed by atoms with E-state index in [-0.39, 0.29) is 12.3 Å². The monoisotopic (exact) mass is 388 g/mol. The topological polar surface area (TPSA) is 54.1 Å². The van der Waals surface area contributed by atoms with Gasteiger partial charge in [0.15, 0.2) is 0 Å². The Morgan fingerprint density at radius 2 is 1.89 bits per heavy atom. The summed E-state index contributed by atoms with van der Waals surface area (Å²) in [6, 6.07) is 14.9. The Bertz CT molecular complexity index is 1020. The second-order valence-electron chi connectivity index (χ2n) is 6.24. The number of aryl methyl sites for hydroxylation is 1. The maximum absolute atomic E-state index is 13.3. The van der Waals surface area contributed by atoms with Crippen molar-refractivity contribution in [1.82, 2.24) is 4.98 Å². The third-order valence-electron chi connectivity index (χ3n) is 4.17. The average molecular weight is 388 g/mol. The summed E-state index contributed by atoms with van der Waals surface area (Å²) in [6.07, 6.45) is -4.29. The van der Waals surface area contributed by atoms with Crippen molar-refractivity contribution in [2.45, 2.75) is 20.0 Å². The van der Waals surface area contributed by atoms with Gasteiger partial charge in [-0.2, -0.15) is 13.2 Å².